The van der Waals surface area contributed by atoms with Crippen molar-refractivity contribution < 1.29 is 28.9 Å². The Morgan fingerprint density at radius 2 is 2.08 bits per heavy atom. The highest BCUT2D eigenvalue weighted by Gasteiger charge is 2.45. The first-order valence-corrected chi connectivity index (χ1v) is 12.9. The van der Waals surface area contributed by atoms with Gasteiger partial charge in [-0.3, -0.25) is 9.59 Å². The molecule has 10 heteroatoms. The van der Waals surface area contributed by atoms with Crippen LogP contribution in [0.3, 0.4) is 0 Å². The topological polar surface area (TPSA) is 131 Å². The number of aromatic nitrogens is 2. The molecule has 4 heterocycles. The summed E-state index contributed by atoms with van der Waals surface area (Å²) in [6, 6.07) is 2.59. The van der Waals surface area contributed by atoms with Crippen molar-refractivity contribution in [3.63, 3.8) is 0 Å². The molecule has 3 aliphatic rings. The van der Waals surface area contributed by atoms with Crippen LogP contribution in [0.4, 0.5) is 4.39 Å². The summed E-state index contributed by atoms with van der Waals surface area (Å²) in [4.78, 5) is 43.6. The summed E-state index contributed by atoms with van der Waals surface area (Å²) < 4.78 is 21.7. The number of benzene rings is 1. The number of carbonyl (C=O) groups is 2. The Balaban J connectivity index is 1.65. The number of hydrogen-bond donors (Lipinski definition) is 3. The number of rotatable bonds is 4. The largest absolute Gasteiger partial charge is 0.458 e. The number of carbonyl (C=O) groups excluding carboxylic acids is 2. The molecule has 2 aromatic heterocycles. The molecule has 0 saturated heterocycles. The lowest BCUT2D eigenvalue weighted by atomic mass is 9.86. The van der Waals surface area contributed by atoms with Crippen molar-refractivity contribution in [2.75, 3.05) is 6.61 Å². The average Bonchev–Trinajstić information content (AvgIpc) is 3.14. The van der Waals surface area contributed by atoms with Gasteiger partial charge in [0.05, 0.1) is 41.7 Å². The third-order valence-electron chi connectivity index (χ3n) is 8.29. The molecule has 38 heavy (non-hydrogen) atoms. The monoisotopic (exact) mass is 521 g/mol. The number of pyridine rings is 2. The molecule has 1 unspecified atom stereocenters. The first-order valence-electron chi connectivity index (χ1n) is 12.9. The van der Waals surface area contributed by atoms with Gasteiger partial charge in [0.15, 0.2) is 5.60 Å². The van der Waals surface area contributed by atoms with Crippen molar-refractivity contribution in [1.29, 1.82) is 0 Å². The zero-order chi connectivity index (χ0) is 26.9. The molecule has 6 rings (SSSR count). The van der Waals surface area contributed by atoms with E-state index in [0.29, 0.717) is 41.7 Å². The van der Waals surface area contributed by atoms with Crippen molar-refractivity contribution >= 4 is 22.8 Å². The molecular formula is C28H28FN3O6. The maximum atomic E-state index is 15.0. The maximum Gasteiger partial charge on any atom is 0.343 e. The van der Waals surface area contributed by atoms with E-state index in [-0.39, 0.29) is 61.0 Å². The van der Waals surface area contributed by atoms with Crippen LogP contribution in [0.15, 0.2) is 16.9 Å². The van der Waals surface area contributed by atoms with Crippen LogP contribution < -0.4 is 10.9 Å². The van der Waals surface area contributed by atoms with Crippen LogP contribution in [0.2, 0.25) is 0 Å². The Hall–Kier alpha value is -3.63. The number of aryl methyl sites for hydroxylation is 1. The van der Waals surface area contributed by atoms with E-state index in [9.17, 15) is 24.6 Å². The molecule has 3 aromatic rings. The van der Waals surface area contributed by atoms with E-state index >= 15 is 4.39 Å². The number of nitrogens with zero attached hydrogens (tertiary/aromatic N) is 2. The third kappa shape index (κ3) is 3.36. The lowest BCUT2D eigenvalue weighted by Crippen LogP contribution is -2.44. The van der Waals surface area contributed by atoms with Gasteiger partial charge in [-0.1, -0.05) is 6.92 Å². The number of amides is 1. The van der Waals surface area contributed by atoms with E-state index in [1.54, 1.807) is 24.5 Å². The van der Waals surface area contributed by atoms with Crippen LogP contribution in [0.5, 0.6) is 0 Å². The second-order valence-electron chi connectivity index (χ2n) is 10.3. The van der Waals surface area contributed by atoms with Crippen LogP contribution >= 0.6 is 0 Å². The Kier molecular flexibility index (Phi) is 5.66. The summed E-state index contributed by atoms with van der Waals surface area (Å²) in [5.41, 5.74) is 2.31. The fourth-order valence-corrected chi connectivity index (χ4v) is 6.26. The number of aliphatic hydroxyl groups is 2. The van der Waals surface area contributed by atoms with Gasteiger partial charge >= 0.3 is 5.97 Å². The molecule has 1 amide bonds. The minimum atomic E-state index is -1.95. The van der Waals surface area contributed by atoms with E-state index in [1.165, 1.54) is 6.07 Å². The van der Waals surface area contributed by atoms with Gasteiger partial charge in [-0.15, -0.1) is 0 Å². The Morgan fingerprint density at radius 1 is 1.29 bits per heavy atom. The second-order valence-corrected chi connectivity index (χ2v) is 10.3. The molecule has 0 bridgehead atoms. The van der Waals surface area contributed by atoms with Crippen molar-refractivity contribution in [2.24, 2.45) is 0 Å². The summed E-state index contributed by atoms with van der Waals surface area (Å²) in [5, 5.41) is 24.3. The molecule has 9 nitrogen and oxygen atoms in total. The molecule has 2 atom stereocenters. The quantitative estimate of drug-likeness (QED) is 0.352. The van der Waals surface area contributed by atoms with E-state index in [4.69, 9.17) is 9.72 Å². The standard InChI is InChI=1S/C28H28FN3O6/c1-3-28(37)17-9-21-25-15(11-32(21)26(35)16(17)12-38-27(28)36)24-19(30-22(34)7-8-33)6-4-5-14-13(2)18(29)10-20(31-25)23(14)24/h9-10,19,33,37H,3-8,11-12H2,1-2H3,(H,30,34)/t19?,28-/m0/s1. The van der Waals surface area contributed by atoms with Crippen molar-refractivity contribution in [3.05, 3.63) is 61.7 Å². The van der Waals surface area contributed by atoms with Crippen molar-refractivity contribution in [3.8, 4) is 11.4 Å². The number of esters is 1. The maximum absolute atomic E-state index is 15.0. The normalized spacial score (nSPS) is 21.4. The highest BCUT2D eigenvalue weighted by Crippen LogP contribution is 2.45. The van der Waals surface area contributed by atoms with Crippen molar-refractivity contribution in [1.82, 2.24) is 14.9 Å². The molecule has 198 valence electrons. The summed E-state index contributed by atoms with van der Waals surface area (Å²) in [5.74, 6) is -1.48. The van der Waals surface area contributed by atoms with E-state index in [1.807, 2.05) is 0 Å². The third-order valence-corrected chi connectivity index (χ3v) is 8.29. The summed E-state index contributed by atoms with van der Waals surface area (Å²) in [6.45, 7) is 3.04. The first kappa shape index (κ1) is 24.7. The highest BCUT2D eigenvalue weighted by atomic mass is 19.1. The van der Waals surface area contributed by atoms with Crippen LogP contribution in [0.25, 0.3) is 22.3 Å². The van der Waals surface area contributed by atoms with Gasteiger partial charge in [0.25, 0.3) is 5.56 Å². The van der Waals surface area contributed by atoms with Crippen LogP contribution in [0, 0.1) is 12.7 Å². The second kappa shape index (κ2) is 8.71. The first-order chi connectivity index (χ1) is 18.2. The van der Waals surface area contributed by atoms with Crippen LogP contribution in [0.1, 0.15) is 72.0 Å². The van der Waals surface area contributed by atoms with E-state index in [2.05, 4.69) is 5.32 Å². The number of hydrogen-bond acceptors (Lipinski definition) is 7. The zero-order valence-corrected chi connectivity index (χ0v) is 21.2. The molecule has 0 radical (unpaired) electrons. The number of fused-ring (bicyclic) bond motifs is 5. The minimum absolute atomic E-state index is 0.0256. The average molecular weight is 522 g/mol. The van der Waals surface area contributed by atoms with Gasteiger partial charge in [0.1, 0.15) is 12.4 Å². The molecule has 1 aliphatic carbocycles. The van der Waals surface area contributed by atoms with Crippen LogP contribution in [-0.2, 0) is 39.5 Å². The molecule has 1 aromatic carbocycles. The summed E-state index contributed by atoms with van der Waals surface area (Å²) in [7, 11) is 0. The highest BCUT2D eigenvalue weighted by molar-refractivity contribution is 5.93. The van der Waals surface area contributed by atoms with Gasteiger partial charge in [0.2, 0.25) is 5.91 Å². The summed E-state index contributed by atoms with van der Waals surface area (Å²) >= 11 is 0. The SMILES string of the molecule is CC[C@@]1(O)C(=O)OCc2c1cc1n(c2=O)Cc2c-1nc1cc(F)c(C)c3c1c2C(NC(=O)CCO)CCC3. The van der Waals surface area contributed by atoms with E-state index < -0.39 is 17.6 Å². The Bertz CT molecular complexity index is 1610. The van der Waals surface area contributed by atoms with Gasteiger partial charge in [-0.25, -0.2) is 14.2 Å². The van der Waals surface area contributed by atoms with Gasteiger partial charge in [-0.05, 0) is 55.4 Å². The molecular weight excluding hydrogens is 493 g/mol. The van der Waals surface area contributed by atoms with Gasteiger partial charge in [-0.2, -0.15) is 0 Å². The van der Waals surface area contributed by atoms with Crippen LogP contribution in [-0.4, -0.2) is 38.2 Å². The minimum Gasteiger partial charge on any atom is -0.458 e. The van der Waals surface area contributed by atoms with Crippen molar-refractivity contribution in [2.45, 2.75) is 70.7 Å². The molecule has 3 N–H and O–H groups in total. The molecule has 0 fully saturated rings. The fourth-order valence-electron chi connectivity index (χ4n) is 6.26. The smallest absolute Gasteiger partial charge is 0.343 e. The lowest BCUT2D eigenvalue weighted by Gasteiger charge is -2.31. The number of halogens is 1. The van der Waals surface area contributed by atoms with Gasteiger partial charge < -0.3 is 24.8 Å². The predicted molar refractivity (Wildman–Crippen MR) is 135 cm³/mol. The molecule has 0 saturated carbocycles. The number of ether oxygens (including phenoxy) is 1. The fraction of sp³-hybridized carbons (Fsp3) is 0.429. The molecule has 0 spiro atoms. The number of aliphatic hydroxyl groups excluding tert-OH is 1. The lowest BCUT2D eigenvalue weighted by molar-refractivity contribution is -0.172. The Morgan fingerprint density at radius 3 is 2.82 bits per heavy atom. The number of cyclic esters (lactones) is 1. The molecule has 2 aliphatic heterocycles. The van der Waals surface area contributed by atoms with E-state index in [0.717, 1.165) is 22.1 Å². The predicted octanol–water partition coefficient (Wildman–Crippen LogP) is 2.40. The zero-order valence-electron chi connectivity index (χ0n) is 21.2. The Labute approximate surface area is 217 Å². The van der Waals surface area contributed by atoms with Gasteiger partial charge in [0, 0.05) is 29.0 Å². The summed E-state index contributed by atoms with van der Waals surface area (Å²) in [6.07, 6.45) is 1.90. The number of nitrogens with one attached hydrogen (secondary N) is 1.